The first-order chi connectivity index (χ1) is 9.56. The van der Waals surface area contributed by atoms with E-state index in [1.807, 2.05) is 0 Å². The molecule has 0 bridgehead atoms. The molecule has 0 atom stereocenters. The molecule has 1 aliphatic rings. The van der Waals surface area contributed by atoms with Gasteiger partial charge in [0.15, 0.2) is 11.6 Å². The monoisotopic (exact) mass is 394 g/mol. The average Bonchev–Trinajstić information content (AvgIpc) is 2.47. The van der Waals surface area contributed by atoms with Crippen LogP contribution < -0.4 is 0 Å². The zero-order valence-electron chi connectivity index (χ0n) is 10.1. The molecule has 0 amide bonds. The molecule has 3 nitrogen and oxygen atoms in total. The fourth-order valence-electron chi connectivity index (χ4n) is 2.42. The molecule has 1 N–H and O–H groups in total. The lowest BCUT2D eigenvalue weighted by molar-refractivity contribution is 0.0976. The highest BCUT2D eigenvalue weighted by atomic mass is 79.9. The van der Waals surface area contributed by atoms with Gasteiger partial charge in [0.1, 0.15) is 0 Å². The predicted octanol–water partition coefficient (Wildman–Crippen LogP) is 3.48. The van der Waals surface area contributed by atoms with Gasteiger partial charge in [-0.1, -0.05) is 24.3 Å². The van der Waals surface area contributed by atoms with Crippen molar-refractivity contribution >= 4 is 43.4 Å². The Morgan fingerprint density at radius 2 is 1.55 bits per heavy atom. The van der Waals surface area contributed by atoms with Gasteiger partial charge in [-0.25, -0.2) is 0 Å². The Kier molecular flexibility index (Phi) is 3.36. The first-order valence-corrected chi connectivity index (χ1v) is 7.45. The van der Waals surface area contributed by atoms with Crippen LogP contribution in [-0.4, -0.2) is 16.7 Å². The third kappa shape index (κ3) is 1.81. The lowest BCUT2D eigenvalue weighted by Gasteiger charge is -2.21. The number of benzene rings is 2. The number of rotatable bonds is 1. The second-order valence-corrected chi connectivity index (χ2v) is 6.08. The highest BCUT2D eigenvalue weighted by molar-refractivity contribution is 9.13. The molecule has 5 heteroatoms. The second kappa shape index (κ2) is 4.91. The van der Waals surface area contributed by atoms with Gasteiger partial charge in [0.25, 0.3) is 0 Å². The van der Waals surface area contributed by atoms with Gasteiger partial charge in [-0.05, 0) is 37.9 Å². The molecule has 100 valence electrons. The normalized spacial score (nSPS) is 13.2. The van der Waals surface area contributed by atoms with Gasteiger partial charge in [0.2, 0.25) is 0 Å². The minimum absolute atomic E-state index is 0.196. The van der Waals surface area contributed by atoms with Crippen LogP contribution >= 0.6 is 31.9 Å². The van der Waals surface area contributed by atoms with E-state index in [9.17, 15) is 14.7 Å². The minimum Gasteiger partial charge on any atom is -0.392 e. The van der Waals surface area contributed by atoms with E-state index in [0.29, 0.717) is 31.2 Å². The van der Waals surface area contributed by atoms with Crippen molar-refractivity contribution in [3.63, 3.8) is 0 Å². The van der Waals surface area contributed by atoms with Gasteiger partial charge in [0, 0.05) is 36.8 Å². The van der Waals surface area contributed by atoms with Gasteiger partial charge in [0.05, 0.1) is 6.61 Å². The van der Waals surface area contributed by atoms with Crippen molar-refractivity contribution in [2.75, 3.05) is 0 Å². The van der Waals surface area contributed by atoms with Crippen LogP contribution in [0.1, 0.15) is 37.4 Å². The fourth-order valence-corrected chi connectivity index (χ4v) is 3.33. The molecule has 0 radical (unpaired) electrons. The van der Waals surface area contributed by atoms with Crippen LogP contribution in [0.25, 0.3) is 0 Å². The van der Waals surface area contributed by atoms with E-state index >= 15 is 0 Å². The van der Waals surface area contributed by atoms with Crippen LogP contribution in [0.5, 0.6) is 0 Å². The molecular formula is C15H8Br2O3. The quantitative estimate of drug-likeness (QED) is 0.686. The Hall–Kier alpha value is -1.30. The summed E-state index contributed by atoms with van der Waals surface area (Å²) in [6, 6.07) is 8.36. The zero-order valence-corrected chi connectivity index (χ0v) is 13.3. The van der Waals surface area contributed by atoms with E-state index in [1.54, 1.807) is 30.3 Å². The van der Waals surface area contributed by atoms with Crippen LogP contribution in [-0.2, 0) is 6.61 Å². The lowest BCUT2D eigenvalue weighted by atomic mass is 9.82. The molecule has 0 aromatic heterocycles. The number of halogens is 2. The maximum Gasteiger partial charge on any atom is 0.194 e. The molecule has 0 saturated carbocycles. The van der Waals surface area contributed by atoms with E-state index in [2.05, 4.69) is 31.9 Å². The van der Waals surface area contributed by atoms with E-state index in [4.69, 9.17) is 0 Å². The Bertz CT molecular complexity index is 766. The molecule has 2 aromatic rings. The third-order valence-electron chi connectivity index (χ3n) is 3.36. The van der Waals surface area contributed by atoms with Crippen LogP contribution in [0, 0.1) is 0 Å². The summed E-state index contributed by atoms with van der Waals surface area (Å²) in [5.74, 6) is -0.425. The van der Waals surface area contributed by atoms with Crippen LogP contribution in [0.4, 0.5) is 0 Å². The summed E-state index contributed by atoms with van der Waals surface area (Å²) in [5.41, 5.74) is 1.83. The van der Waals surface area contributed by atoms with Gasteiger partial charge < -0.3 is 5.11 Å². The molecule has 2 aromatic carbocycles. The Morgan fingerprint density at radius 1 is 0.950 bits per heavy atom. The molecule has 3 rings (SSSR count). The van der Waals surface area contributed by atoms with E-state index in [1.165, 1.54) is 0 Å². The van der Waals surface area contributed by atoms with Crippen molar-refractivity contribution in [2.24, 2.45) is 0 Å². The highest BCUT2D eigenvalue weighted by Crippen LogP contribution is 2.37. The summed E-state index contributed by atoms with van der Waals surface area (Å²) >= 11 is 6.67. The van der Waals surface area contributed by atoms with Crippen molar-refractivity contribution in [3.05, 3.63) is 67.1 Å². The number of aliphatic hydroxyl groups excluding tert-OH is 1. The van der Waals surface area contributed by atoms with Gasteiger partial charge >= 0.3 is 0 Å². The molecule has 0 saturated heterocycles. The first kappa shape index (κ1) is 13.7. The summed E-state index contributed by atoms with van der Waals surface area (Å²) in [6.45, 7) is -0.316. The second-order valence-electron chi connectivity index (χ2n) is 4.44. The third-order valence-corrected chi connectivity index (χ3v) is 5.43. The summed E-state index contributed by atoms with van der Waals surface area (Å²) in [5, 5.41) is 9.54. The SMILES string of the molecule is O=C1c2ccccc2C(=O)c2c1cc(Br)c(Br)c2CO. The van der Waals surface area contributed by atoms with Crippen molar-refractivity contribution < 1.29 is 14.7 Å². The van der Waals surface area contributed by atoms with Crippen LogP contribution in [0.3, 0.4) is 0 Å². The Balaban J connectivity index is 2.39. The van der Waals surface area contributed by atoms with E-state index in [0.717, 1.165) is 0 Å². The standard InChI is InChI=1S/C15H8Br2O3/c16-11-5-9-12(10(6-18)13(11)17)15(20)8-4-2-1-3-7(8)14(9)19/h1-5,18H,6H2. The number of hydrogen-bond donors (Lipinski definition) is 1. The summed E-state index contributed by atoms with van der Waals surface area (Å²) in [7, 11) is 0. The number of aliphatic hydroxyl groups is 1. The average molecular weight is 396 g/mol. The van der Waals surface area contributed by atoms with Gasteiger partial charge in [-0.3, -0.25) is 9.59 Å². The molecule has 20 heavy (non-hydrogen) atoms. The number of ketones is 2. The minimum atomic E-state index is -0.316. The molecule has 0 unspecified atom stereocenters. The van der Waals surface area contributed by atoms with Gasteiger partial charge in [-0.2, -0.15) is 0 Å². The summed E-state index contributed by atoms with van der Waals surface area (Å²) < 4.78 is 1.24. The maximum atomic E-state index is 12.6. The number of carbonyl (C=O) groups is 2. The number of hydrogen-bond acceptors (Lipinski definition) is 3. The number of carbonyl (C=O) groups excluding carboxylic acids is 2. The summed E-state index contributed by atoms with van der Waals surface area (Å²) in [4.78, 5) is 25.1. The smallest absolute Gasteiger partial charge is 0.194 e. The Morgan fingerprint density at radius 3 is 2.15 bits per heavy atom. The van der Waals surface area contributed by atoms with Crippen LogP contribution in [0.2, 0.25) is 0 Å². The van der Waals surface area contributed by atoms with Crippen molar-refractivity contribution in [1.29, 1.82) is 0 Å². The van der Waals surface area contributed by atoms with Crippen LogP contribution in [0.15, 0.2) is 39.3 Å². The molecule has 0 heterocycles. The largest absolute Gasteiger partial charge is 0.392 e. The number of fused-ring (bicyclic) bond motifs is 2. The Labute approximate surface area is 131 Å². The molecule has 0 fully saturated rings. The lowest BCUT2D eigenvalue weighted by Crippen LogP contribution is -2.23. The first-order valence-electron chi connectivity index (χ1n) is 5.86. The van der Waals surface area contributed by atoms with E-state index in [-0.39, 0.29) is 23.7 Å². The highest BCUT2D eigenvalue weighted by Gasteiger charge is 2.32. The molecule has 0 spiro atoms. The topological polar surface area (TPSA) is 54.4 Å². The van der Waals surface area contributed by atoms with Gasteiger partial charge in [-0.15, -0.1) is 0 Å². The summed E-state index contributed by atoms with van der Waals surface area (Å²) in [6.07, 6.45) is 0. The molecule has 1 aliphatic carbocycles. The predicted molar refractivity (Wildman–Crippen MR) is 81.1 cm³/mol. The van der Waals surface area contributed by atoms with Crippen molar-refractivity contribution in [2.45, 2.75) is 6.61 Å². The van der Waals surface area contributed by atoms with E-state index < -0.39 is 0 Å². The van der Waals surface area contributed by atoms with Crippen molar-refractivity contribution in [1.82, 2.24) is 0 Å². The fraction of sp³-hybridized carbons (Fsp3) is 0.0667. The zero-order chi connectivity index (χ0) is 14.4. The molecular weight excluding hydrogens is 388 g/mol. The maximum absolute atomic E-state index is 12.6. The molecule has 0 aliphatic heterocycles. The van der Waals surface area contributed by atoms with Crippen molar-refractivity contribution in [3.8, 4) is 0 Å².